The maximum Gasteiger partial charge on any atom is 0.407 e. The van der Waals surface area contributed by atoms with Crippen LogP contribution in [0.25, 0.3) is 0 Å². The molecule has 1 heterocycles. The lowest BCUT2D eigenvalue weighted by Crippen LogP contribution is -2.51. The zero-order valence-corrected chi connectivity index (χ0v) is 20.8. The number of likely N-dealkylation sites (tertiary alicyclic amines) is 1. The van der Waals surface area contributed by atoms with E-state index in [1.807, 2.05) is 6.07 Å². The summed E-state index contributed by atoms with van der Waals surface area (Å²) in [6, 6.07) is 7.34. The Labute approximate surface area is 211 Å². The summed E-state index contributed by atoms with van der Waals surface area (Å²) in [4.78, 5) is 50.8. The Morgan fingerprint density at radius 1 is 1.08 bits per heavy atom. The number of alkyl carbamates (subject to hydrolysis) is 1. The molecule has 1 aromatic carbocycles. The fourth-order valence-corrected chi connectivity index (χ4v) is 3.73. The van der Waals surface area contributed by atoms with E-state index in [-0.39, 0.29) is 25.2 Å². The van der Waals surface area contributed by atoms with Gasteiger partial charge >= 0.3 is 12.1 Å². The number of nitrogens with one attached hydrogen (secondary N) is 2. The van der Waals surface area contributed by atoms with Gasteiger partial charge in [0.2, 0.25) is 5.91 Å². The number of hydrogen-bond donors (Lipinski definition) is 2. The molecule has 11 heteroatoms. The average Bonchev–Trinajstić information content (AvgIpc) is 2.89. The number of esters is 1. The van der Waals surface area contributed by atoms with Crippen LogP contribution in [-0.2, 0) is 23.8 Å². The van der Waals surface area contributed by atoms with Crippen LogP contribution in [0.2, 0.25) is 0 Å². The van der Waals surface area contributed by atoms with E-state index < -0.39 is 24.0 Å². The number of nitrogens with zero attached hydrogens (tertiary/aromatic N) is 2. The first kappa shape index (κ1) is 28.6. The third-order valence-corrected chi connectivity index (χ3v) is 5.59. The van der Waals surface area contributed by atoms with Crippen molar-refractivity contribution in [2.24, 2.45) is 0 Å². The quantitative estimate of drug-likeness (QED) is 0.325. The highest BCUT2D eigenvalue weighted by Gasteiger charge is 2.30. The van der Waals surface area contributed by atoms with Crippen LogP contribution in [-0.4, -0.2) is 80.4 Å². The minimum Gasteiger partial charge on any atom is -0.464 e. The number of benzene rings is 1. The van der Waals surface area contributed by atoms with Gasteiger partial charge in [0, 0.05) is 25.2 Å². The molecule has 3 amide bonds. The Kier molecular flexibility index (Phi) is 12.2. The van der Waals surface area contributed by atoms with Crippen LogP contribution in [0, 0.1) is 11.3 Å². The van der Waals surface area contributed by atoms with Gasteiger partial charge in [-0.05, 0) is 63.8 Å². The molecule has 36 heavy (non-hydrogen) atoms. The van der Waals surface area contributed by atoms with Crippen LogP contribution in [0.3, 0.4) is 0 Å². The van der Waals surface area contributed by atoms with Crippen molar-refractivity contribution < 1.29 is 33.4 Å². The summed E-state index contributed by atoms with van der Waals surface area (Å²) in [5.41, 5.74) is 0.764. The van der Waals surface area contributed by atoms with Crippen molar-refractivity contribution in [2.45, 2.75) is 51.7 Å². The monoisotopic (exact) mass is 502 g/mol. The third kappa shape index (κ3) is 9.54. The Balaban J connectivity index is 1.95. The molecule has 0 aliphatic carbocycles. The summed E-state index contributed by atoms with van der Waals surface area (Å²) < 4.78 is 15.3. The Bertz CT molecular complexity index is 921. The molecule has 196 valence electrons. The van der Waals surface area contributed by atoms with E-state index in [1.54, 1.807) is 18.7 Å². The number of carbonyl (C=O) groups excluding carboxylic acids is 4. The second-order valence-corrected chi connectivity index (χ2v) is 8.15. The average molecular weight is 503 g/mol. The molecule has 0 unspecified atom stereocenters. The highest BCUT2D eigenvalue weighted by molar-refractivity contribution is 5.97. The number of piperidine rings is 1. The zero-order valence-electron chi connectivity index (χ0n) is 20.8. The topological polar surface area (TPSA) is 147 Å². The van der Waals surface area contributed by atoms with E-state index in [2.05, 4.69) is 10.6 Å². The first-order valence-corrected chi connectivity index (χ1v) is 12.2. The van der Waals surface area contributed by atoms with Crippen LogP contribution < -0.4 is 10.6 Å². The molecular weight excluding hydrogens is 468 g/mol. The molecule has 0 aromatic heterocycles. The summed E-state index contributed by atoms with van der Waals surface area (Å²) >= 11 is 0. The predicted octanol–water partition coefficient (Wildman–Crippen LogP) is 1.75. The second-order valence-electron chi connectivity index (χ2n) is 8.15. The Hall–Kier alpha value is -3.65. The molecule has 0 radical (unpaired) electrons. The van der Waals surface area contributed by atoms with Crippen LogP contribution in [0.4, 0.5) is 4.79 Å². The van der Waals surface area contributed by atoms with Crippen LogP contribution in [0.15, 0.2) is 24.3 Å². The van der Waals surface area contributed by atoms with Gasteiger partial charge in [0.25, 0.3) is 5.91 Å². The summed E-state index contributed by atoms with van der Waals surface area (Å²) in [6.45, 7) is 5.01. The number of amides is 3. The van der Waals surface area contributed by atoms with Gasteiger partial charge in [0.15, 0.2) is 0 Å². The summed E-state index contributed by atoms with van der Waals surface area (Å²) in [7, 11) is 0. The maximum atomic E-state index is 13.3. The van der Waals surface area contributed by atoms with Gasteiger partial charge in [0.1, 0.15) is 12.6 Å². The molecule has 2 rings (SSSR count). The molecular formula is C25H34N4O7. The number of ether oxygens (including phenoxy) is 3. The lowest BCUT2D eigenvalue weighted by Gasteiger charge is -2.34. The minimum atomic E-state index is -0.797. The van der Waals surface area contributed by atoms with Crippen molar-refractivity contribution >= 4 is 23.9 Å². The number of carbonyl (C=O) groups is 4. The van der Waals surface area contributed by atoms with E-state index in [0.29, 0.717) is 63.1 Å². The number of nitriles is 1. The first-order chi connectivity index (χ1) is 17.4. The van der Waals surface area contributed by atoms with E-state index in [4.69, 9.17) is 19.5 Å². The highest BCUT2D eigenvalue weighted by Crippen LogP contribution is 2.16. The van der Waals surface area contributed by atoms with Gasteiger partial charge in [-0.3, -0.25) is 9.59 Å². The SMILES string of the molecule is CCOC(=O)COC1CCN(C(=O)[C@H](CCCNC(=O)OCC)NC(=O)c2ccc(C#N)cc2)CC1. The molecule has 1 atom stereocenters. The van der Waals surface area contributed by atoms with Crippen molar-refractivity contribution in [1.82, 2.24) is 15.5 Å². The van der Waals surface area contributed by atoms with Gasteiger partial charge < -0.3 is 29.7 Å². The van der Waals surface area contributed by atoms with Crippen molar-refractivity contribution in [1.29, 1.82) is 5.26 Å². The first-order valence-electron chi connectivity index (χ1n) is 12.2. The molecule has 2 N–H and O–H groups in total. The molecule has 1 aliphatic heterocycles. The van der Waals surface area contributed by atoms with Gasteiger partial charge in [-0.15, -0.1) is 0 Å². The minimum absolute atomic E-state index is 0.122. The Morgan fingerprint density at radius 2 is 1.75 bits per heavy atom. The summed E-state index contributed by atoms with van der Waals surface area (Å²) in [5.74, 6) is -1.07. The van der Waals surface area contributed by atoms with E-state index >= 15 is 0 Å². The number of rotatable bonds is 12. The normalized spacial score (nSPS) is 14.3. The van der Waals surface area contributed by atoms with Crippen LogP contribution in [0.5, 0.6) is 0 Å². The third-order valence-electron chi connectivity index (χ3n) is 5.59. The lowest BCUT2D eigenvalue weighted by molar-refractivity contribution is -0.152. The summed E-state index contributed by atoms with van der Waals surface area (Å²) in [6.07, 6.45) is 1.19. The largest absolute Gasteiger partial charge is 0.464 e. The molecule has 0 bridgehead atoms. The van der Waals surface area contributed by atoms with Gasteiger partial charge in [-0.2, -0.15) is 5.26 Å². The zero-order chi connectivity index (χ0) is 26.3. The van der Waals surface area contributed by atoms with E-state index in [0.717, 1.165) is 0 Å². The molecule has 0 spiro atoms. The highest BCUT2D eigenvalue weighted by atomic mass is 16.6. The molecule has 11 nitrogen and oxygen atoms in total. The smallest absolute Gasteiger partial charge is 0.407 e. The van der Waals surface area contributed by atoms with Crippen molar-refractivity contribution in [2.75, 3.05) is 39.5 Å². The maximum absolute atomic E-state index is 13.3. The molecule has 0 saturated carbocycles. The van der Waals surface area contributed by atoms with Gasteiger partial charge in [-0.1, -0.05) is 0 Å². The van der Waals surface area contributed by atoms with E-state index in [9.17, 15) is 19.2 Å². The fourth-order valence-electron chi connectivity index (χ4n) is 3.73. The lowest BCUT2D eigenvalue weighted by atomic mass is 10.0. The number of hydrogen-bond acceptors (Lipinski definition) is 8. The molecule has 1 fully saturated rings. The standard InChI is InChI=1S/C25H34N4O7/c1-3-34-22(30)17-36-20-11-14-29(15-12-20)24(32)21(6-5-13-27-25(33)35-4-2)28-23(31)19-9-7-18(16-26)8-10-19/h7-10,20-21H,3-6,11-15,17H2,1-2H3,(H,27,33)(H,28,31)/t21-/m0/s1. The van der Waals surface area contributed by atoms with Crippen molar-refractivity contribution in [3.8, 4) is 6.07 Å². The van der Waals surface area contributed by atoms with Gasteiger partial charge in [-0.25, -0.2) is 9.59 Å². The molecule has 1 aliphatic rings. The summed E-state index contributed by atoms with van der Waals surface area (Å²) in [5, 5.41) is 14.4. The molecule has 1 saturated heterocycles. The van der Waals surface area contributed by atoms with Gasteiger partial charge in [0.05, 0.1) is 31.0 Å². The fraction of sp³-hybridized carbons (Fsp3) is 0.560. The van der Waals surface area contributed by atoms with Crippen molar-refractivity contribution in [3.63, 3.8) is 0 Å². The van der Waals surface area contributed by atoms with Crippen LogP contribution >= 0.6 is 0 Å². The Morgan fingerprint density at radius 3 is 2.36 bits per heavy atom. The van der Waals surface area contributed by atoms with E-state index in [1.165, 1.54) is 24.3 Å². The predicted molar refractivity (Wildman–Crippen MR) is 129 cm³/mol. The molecule has 1 aromatic rings. The van der Waals surface area contributed by atoms with Crippen molar-refractivity contribution in [3.05, 3.63) is 35.4 Å². The second kappa shape index (κ2) is 15.4. The van der Waals surface area contributed by atoms with Crippen LogP contribution in [0.1, 0.15) is 55.5 Å².